The lowest BCUT2D eigenvalue weighted by Crippen LogP contribution is -2.45. The number of benzene rings is 3. The summed E-state index contributed by atoms with van der Waals surface area (Å²) in [6, 6.07) is 21.3. The van der Waals surface area contributed by atoms with Gasteiger partial charge in [0, 0.05) is 23.2 Å². The van der Waals surface area contributed by atoms with Gasteiger partial charge in [0.25, 0.3) is 5.91 Å². The Balaban J connectivity index is 1.39. The predicted molar refractivity (Wildman–Crippen MR) is 145 cm³/mol. The number of fused-ring (bicyclic) bond motifs is 1. The maximum atomic E-state index is 12.3. The quantitative estimate of drug-likeness (QED) is 0.315. The molecular formula is C30H30N2O6. The van der Waals surface area contributed by atoms with Gasteiger partial charge in [-0.3, -0.25) is 4.79 Å². The number of ether oxygens (including phenoxy) is 3. The van der Waals surface area contributed by atoms with Crippen molar-refractivity contribution in [3.63, 3.8) is 0 Å². The Bertz CT molecular complexity index is 1350. The molecule has 1 unspecified atom stereocenters. The molecule has 1 aliphatic rings. The lowest BCUT2D eigenvalue weighted by atomic mass is 10.0. The van der Waals surface area contributed by atoms with Crippen molar-refractivity contribution in [2.75, 3.05) is 12.4 Å². The third-order valence-electron chi connectivity index (χ3n) is 5.68. The number of para-hydroxylation sites is 1. The van der Waals surface area contributed by atoms with E-state index in [-0.39, 0.29) is 12.3 Å². The van der Waals surface area contributed by atoms with Crippen LogP contribution >= 0.6 is 0 Å². The van der Waals surface area contributed by atoms with Crippen LogP contribution < -0.4 is 15.4 Å². The average Bonchev–Trinajstić information content (AvgIpc) is 3.19. The van der Waals surface area contributed by atoms with Crippen LogP contribution in [-0.2, 0) is 25.5 Å². The molecule has 2 N–H and O–H groups in total. The lowest BCUT2D eigenvalue weighted by Gasteiger charge is -2.22. The number of alkyl carbamates (subject to hydrolysis) is 1. The van der Waals surface area contributed by atoms with Crippen LogP contribution in [0, 0.1) is 0 Å². The van der Waals surface area contributed by atoms with Crippen molar-refractivity contribution in [1.29, 1.82) is 0 Å². The van der Waals surface area contributed by atoms with Gasteiger partial charge in [-0.1, -0.05) is 42.5 Å². The first-order valence-corrected chi connectivity index (χ1v) is 12.2. The summed E-state index contributed by atoms with van der Waals surface area (Å²) in [5.74, 6) is 0.557. The van der Waals surface area contributed by atoms with E-state index in [1.54, 1.807) is 32.9 Å². The number of nitrogens with one attached hydrogen (secondary N) is 2. The third kappa shape index (κ3) is 6.79. The molecule has 0 saturated heterocycles. The molecule has 3 aromatic carbocycles. The molecule has 1 atom stereocenters. The number of esters is 1. The van der Waals surface area contributed by atoms with Crippen molar-refractivity contribution in [3.05, 3.63) is 89.5 Å². The summed E-state index contributed by atoms with van der Waals surface area (Å²) >= 11 is 0. The zero-order valence-corrected chi connectivity index (χ0v) is 21.7. The van der Waals surface area contributed by atoms with Crippen molar-refractivity contribution in [3.8, 4) is 11.5 Å². The summed E-state index contributed by atoms with van der Waals surface area (Å²) < 4.78 is 16.0. The van der Waals surface area contributed by atoms with E-state index in [4.69, 9.17) is 14.2 Å². The van der Waals surface area contributed by atoms with E-state index >= 15 is 0 Å². The van der Waals surface area contributed by atoms with E-state index in [1.165, 1.54) is 7.11 Å². The van der Waals surface area contributed by atoms with Crippen molar-refractivity contribution >= 4 is 35.3 Å². The van der Waals surface area contributed by atoms with Crippen molar-refractivity contribution in [2.24, 2.45) is 0 Å². The normalized spacial score (nSPS) is 14.3. The molecule has 0 radical (unpaired) electrons. The Kier molecular flexibility index (Phi) is 7.81. The summed E-state index contributed by atoms with van der Waals surface area (Å²) in [4.78, 5) is 36.7. The first-order chi connectivity index (χ1) is 18.1. The van der Waals surface area contributed by atoms with E-state index in [1.807, 2.05) is 66.7 Å². The van der Waals surface area contributed by atoms with Gasteiger partial charge in [0.05, 0.1) is 7.11 Å². The highest BCUT2D eigenvalue weighted by atomic mass is 16.6. The summed E-state index contributed by atoms with van der Waals surface area (Å²) in [6.45, 7) is 5.24. The van der Waals surface area contributed by atoms with Gasteiger partial charge < -0.3 is 24.8 Å². The number of hydrogen-bond acceptors (Lipinski definition) is 6. The number of carbonyl (C=O) groups excluding carboxylic acids is 3. The minimum absolute atomic E-state index is 0.123. The van der Waals surface area contributed by atoms with Gasteiger partial charge in [-0.15, -0.1) is 0 Å². The molecule has 1 heterocycles. The summed E-state index contributed by atoms with van der Waals surface area (Å²) in [7, 11) is 1.27. The molecule has 0 saturated carbocycles. The summed E-state index contributed by atoms with van der Waals surface area (Å²) in [5.41, 5.74) is 3.31. The number of hydrogen-bond donors (Lipinski definition) is 2. The van der Waals surface area contributed by atoms with Crippen molar-refractivity contribution in [1.82, 2.24) is 5.32 Å². The second-order valence-corrected chi connectivity index (χ2v) is 9.80. The van der Waals surface area contributed by atoms with Crippen LogP contribution in [0.25, 0.3) is 11.6 Å². The SMILES string of the molecule is COC(=O)C(Cc1ccc(Oc2ccc(/C=C3\C(=O)Nc4ccccc43)cc2)cc1)NC(=O)OC(C)(C)C. The standard InChI is InChI=1S/C30H30N2O6/c1-30(2,3)38-29(35)32-26(28(34)36-4)18-20-11-15-22(16-12-20)37-21-13-9-19(10-14-21)17-24-23-7-5-6-8-25(23)31-27(24)33/h5-17,26H,18H2,1-4H3,(H,31,33)(H,32,35)/b24-17-. The zero-order valence-electron chi connectivity index (χ0n) is 21.7. The van der Waals surface area contributed by atoms with Gasteiger partial charge >= 0.3 is 12.1 Å². The smallest absolute Gasteiger partial charge is 0.408 e. The van der Waals surface area contributed by atoms with Crippen molar-refractivity contribution in [2.45, 2.75) is 38.8 Å². The zero-order chi connectivity index (χ0) is 27.3. The predicted octanol–water partition coefficient (Wildman–Crippen LogP) is 5.58. The van der Waals surface area contributed by atoms with Crippen LogP contribution in [-0.4, -0.2) is 36.7 Å². The lowest BCUT2D eigenvalue weighted by molar-refractivity contribution is -0.143. The van der Waals surface area contributed by atoms with Gasteiger partial charge in [-0.05, 0) is 68.3 Å². The first kappa shape index (κ1) is 26.5. The number of rotatable bonds is 7. The molecule has 38 heavy (non-hydrogen) atoms. The van der Waals surface area contributed by atoms with Gasteiger partial charge in [0.1, 0.15) is 23.1 Å². The van der Waals surface area contributed by atoms with Crippen LogP contribution in [0.4, 0.5) is 10.5 Å². The average molecular weight is 515 g/mol. The van der Waals surface area contributed by atoms with Gasteiger partial charge in [-0.25, -0.2) is 9.59 Å². The van der Waals surface area contributed by atoms with E-state index < -0.39 is 23.7 Å². The Hall–Kier alpha value is -4.59. The Labute approximate surface area is 221 Å². The van der Waals surface area contributed by atoms with Crippen LogP contribution in [0.2, 0.25) is 0 Å². The number of methoxy groups -OCH3 is 1. The van der Waals surface area contributed by atoms with Gasteiger partial charge in [-0.2, -0.15) is 0 Å². The maximum absolute atomic E-state index is 12.3. The molecule has 3 aromatic rings. The fourth-order valence-corrected chi connectivity index (χ4v) is 3.93. The topological polar surface area (TPSA) is 103 Å². The summed E-state index contributed by atoms with van der Waals surface area (Å²) in [5, 5.41) is 5.44. The highest BCUT2D eigenvalue weighted by Gasteiger charge is 2.25. The number of carbonyl (C=O) groups is 3. The number of anilines is 1. The minimum atomic E-state index is -0.891. The second kappa shape index (κ2) is 11.2. The molecule has 0 aromatic heterocycles. The van der Waals surface area contributed by atoms with E-state index in [9.17, 15) is 14.4 Å². The van der Waals surface area contributed by atoms with Crippen LogP contribution in [0.1, 0.15) is 37.5 Å². The Morgan fingerprint density at radius 3 is 2.21 bits per heavy atom. The van der Waals surface area contributed by atoms with Gasteiger partial charge in [0.2, 0.25) is 0 Å². The fraction of sp³-hybridized carbons (Fsp3) is 0.233. The van der Waals surface area contributed by atoms with Gasteiger partial charge in [0.15, 0.2) is 0 Å². The molecule has 4 rings (SSSR count). The molecular weight excluding hydrogens is 484 g/mol. The third-order valence-corrected chi connectivity index (χ3v) is 5.68. The Morgan fingerprint density at radius 2 is 1.58 bits per heavy atom. The highest BCUT2D eigenvalue weighted by molar-refractivity contribution is 6.34. The minimum Gasteiger partial charge on any atom is -0.467 e. The molecule has 0 fully saturated rings. The molecule has 2 amide bonds. The van der Waals surface area contributed by atoms with E-state index in [0.29, 0.717) is 17.1 Å². The van der Waals surface area contributed by atoms with Crippen LogP contribution in [0.3, 0.4) is 0 Å². The molecule has 0 bridgehead atoms. The largest absolute Gasteiger partial charge is 0.467 e. The number of amides is 2. The molecule has 1 aliphatic heterocycles. The molecule has 0 spiro atoms. The molecule has 0 aliphatic carbocycles. The summed E-state index contributed by atoms with van der Waals surface area (Å²) in [6.07, 6.45) is 1.39. The van der Waals surface area contributed by atoms with Crippen LogP contribution in [0.5, 0.6) is 11.5 Å². The van der Waals surface area contributed by atoms with Crippen molar-refractivity contribution < 1.29 is 28.6 Å². The first-order valence-electron chi connectivity index (χ1n) is 12.2. The monoisotopic (exact) mass is 514 g/mol. The van der Waals surface area contributed by atoms with E-state index in [0.717, 1.165) is 22.4 Å². The highest BCUT2D eigenvalue weighted by Crippen LogP contribution is 2.33. The molecule has 8 heteroatoms. The second-order valence-electron chi connectivity index (χ2n) is 9.80. The Morgan fingerprint density at radius 1 is 0.947 bits per heavy atom. The maximum Gasteiger partial charge on any atom is 0.408 e. The fourth-order valence-electron chi connectivity index (χ4n) is 3.93. The molecule has 196 valence electrons. The molecule has 8 nitrogen and oxygen atoms in total. The van der Waals surface area contributed by atoms with E-state index in [2.05, 4.69) is 10.6 Å². The van der Waals surface area contributed by atoms with Crippen LogP contribution in [0.15, 0.2) is 72.8 Å².